The molecule has 0 fully saturated rings. The maximum atomic E-state index is 13.8. The van der Waals surface area contributed by atoms with Crippen LogP contribution in [0.15, 0.2) is 72.9 Å². The molecule has 0 amide bonds. The van der Waals surface area contributed by atoms with Crippen LogP contribution in [0.2, 0.25) is 0 Å². The second kappa shape index (κ2) is 10.0. The van der Waals surface area contributed by atoms with Crippen molar-refractivity contribution >= 4 is 10.9 Å². The molecule has 4 rings (SSSR count). The maximum absolute atomic E-state index is 13.8. The topological polar surface area (TPSA) is 50.1 Å². The Hall–Kier alpha value is -3.09. The summed E-state index contributed by atoms with van der Waals surface area (Å²) in [5.41, 5.74) is 3.74. The third kappa shape index (κ3) is 5.21. The fraction of sp³-hybridized carbons (Fsp3) is 0.269. The number of rotatable bonds is 9. The van der Waals surface area contributed by atoms with E-state index in [9.17, 15) is 13.9 Å². The number of para-hydroxylation sites is 1. The van der Waals surface area contributed by atoms with Crippen molar-refractivity contribution in [1.82, 2.24) is 15.1 Å². The van der Waals surface area contributed by atoms with Crippen molar-refractivity contribution in [2.75, 3.05) is 6.54 Å². The zero-order valence-electron chi connectivity index (χ0n) is 18.0. The molecular weight excluding hydrogens is 408 g/mol. The molecule has 32 heavy (non-hydrogen) atoms. The van der Waals surface area contributed by atoms with Crippen LogP contribution in [0.4, 0.5) is 8.78 Å². The normalized spacial score (nSPS) is 13.4. The number of nitrogens with zero attached hydrogens (tertiary/aromatic N) is 2. The SMILES string of the molecule is CCc1cccc(CNC[C@@H](O)[C@H](Cc2cc(F)cc(F)c2)n2ncc3ccccc32)c1. The Morgan fingerprint density at radius 2 is 1.69 bits per heavy atom. The Morgan fingerprint density at radius 1 is 0.938 bits per heavy atom. The average molecular weight is 436 g/mol. The predicted molar refractivity (Wildman–Crippen MR) is 122 cm³/mol. The predicted octanol–water partition coefficient (Wildman–Crippen LogP) is 4.81. The molecule has 3 aromatic carbocycles. The Balaban J connectivity index is 1.55. The molecule has 0 saturated heterocycles. The van der Waals surface area contributed by atoms with E-state index in [1.54, 1.807) is 10.9 Å². The molecule has 4 aromatic rings. The van der Waals surface area contributed by atoms with E-state index in [2.05, 4.69) is 29.5 Å². The highest BCUT2D eigenvalue weighted by Gasteiger charge is 2.24. The first-order chi connectivity index (χ1) is 15.5. The number of aliphatic hydroxyl groups excluding tert-OH is 1. The number of aryl methyl sites for hydroxylation is 1. The first-order valence-electron chi connectivity index (χ1n) is 10.9. The van der Waals surface area contributed by atoms with Gasteiger partial charge in [0, 0.05) is 24.5 Å². The minimum Gasteiger partial charge on any atom is -0.390 e. The van der Waals surface area contributed by atoms with E-state index in [0.717, 1.165) is 29.0 Å². The smallest absolute Gasteiger partial charge is 0.126 e. The molecule has 0 aliphatic heterocycles. The molecule has 0 aliphatic carbocycles. The van der Waals surface area contributed by atoms with Gasteiger partial charge in [0.15, 0.2) is 0 Å². The van der Waals surface area contributed by atoms with E-state index in [0.29, 0.717) is 18.7 Å². The number of hydrogen-bond acceptors (Lipinski definition) is 3. The van der Waals surface area contributed by atoms with E-state index in [4.69, 9.17) is 0 Å². The van der Waals surface area contributed by atoms with Crippen LogP contribution in [0.25, 0.3) is 10.9 Å². The summed E-state index contributed by atoms with van der Waals surface area (Å²) in [6.45, 7) is 3.05. The Bertz CT molecular complexity index is 1170. The van der Waals surface area contributed by atoms with Gasteiger partial charge in [-0.25, -0.2) is 8.78 Å². The number of halogens is 2. The largest absolute Gasteiger partial charge is 0.390 e. The van der Waals surface area contributed by atoms with Crippen molar-refractivity contribution in [1.29, 1.82) is 0 Å². The van der Waals surface area contributed by atoms with Crippen molar-refractivity contribution < 1.29 is 13.9 Å². The van der Waals surface area contributed by atoms with Gasteiger partial charge in [-0.05, 0) is 47.7 Å². The summed E-state index contributed by atoms with van der Waals surface area (Å²) in [7, 11) is 0. The molecule has 0 saturated carbocycles. The summed E-state index contributed by atoms with van der Waals surface area (Å²) in [6.07, 6.45) is 2.13. The number of aliphatic hydroxyl groups is 1. The molecule has 0 unspecified atom stereocenters. The van der Waals surface area contributed by atoms with Crippen LogP contribution in [0.5, 0.6) is 0 Å². The lowest BCUT2D eigenvalue weighted by molar-refractivity contribution is 0.106. The van der Waals surface area contributed by atoms with Crippen LogP contribution >= 0.6 is 0 Å². The Kier molecular flexibility index (Phi) is 6.93. The minimum atomic E-state index is -0.820. The van der Waals surface area contributed by atoms with Gasteiger partial charge in [-0.15, -0.1) is 0 Å². The highest BCUT2D eigenvalue weighted by atomic mass is 19.1. The summed E-state index contributed by atoms with van der Waals surface area (Å²) in [6, 6.07) is 19.0. The zero-order valence-corrected chi connectivity index (χ0v) is 18.0. The number of nitrogens with one attached hydrogen (secondary N) is 1. The van der Waals surface area contributed by atoms with Gasteiger partial charge >= 0.3 is 0 Å². The van der Waals surface area contributed by atoms with Gasteiger partial charge in [-0.3, -0.25) is 4.68 Å². The molecule has 0 radical (unpaired) electrons. The molecule has 1 heterocycles. The van der Waals surface area contributed by atoms with Crippen LogP contribution in [-0.2, 0) is 19.4 Å². The van der Waals surface area contributed by atoms with Gasteiger partial charge in [-0.1, -0.05) is 49.4 Å². The third-order valence-corrected chi connectivity index (χ3v) is 5.71. The first kappa shape index (κ1) is 22.1. The molecule has 6 heteroatoms. The fourth-order valence-corrected chi connectivity index (χ4v) is 4.07. The van der Waals surface area contributed by atoms with Gasteiger partial charge in [0.2, 0.25) is 0 Å². The molecule has 0 aliphatic rings. The summed E-state index contributed by atoms with van der Waals surface area (Å²) in [5.74, 6) is -1.26. The monoisotopic (exact) mass is 435 g/mol. The van der Waals surface area contributed by atoms with E-state index >= 15 is 0 Å². The van der Waals surface area contributed by atoms with Crippen LogP contribution in [0, 0.1) is 11.6 Å². The lowest BCUT2D eigenvalue weighted by atomic mass is 10.0. The second-order valence-electron chi connectivity index (χ2n) is 8.07. The third-order valence-electron chi connectivity index (χ3n) is 5.71. The van der Waals surface area contributed by atoms with E-state index in [1.807, 2.05) is 36.4 Å². The molecule has 0 spiro atoms. The summed E-state index contributed by atoms with van der Waals surface area (Å²) in [4.78, 5) is 0. The highest BCUT2D eigenvalue weighted by molar-refractivity contribution is 5.78. The lowest BCUT2D eigenvalue weighted by Crippen LogP contribution is -2.36. The van der Waals surface area contributed by atoms with Crippen LogP contribution < -0.4 is 5.32 Å². The van der Waals surface area contributed by atoms with Crippen molar-refractivity contribution in [3.8, 4) is 0 Å². The van der Waals surface area contributed by atoms with Crippen molar-refractivity contribution in [3.63, 3.8) is 0 Å². The molecule has 1 aromatic heterocycles. The quantitative estimate of drug-likeness (QED) is 0.397. The van der Waals surface area contributed by atoms with Gasteiger partial charge < -0.3 is 10.4 Å². The second-order valence-corrected chi connectivity index (χ2v) is 8.07. The van der Waals surface area contributed by atoms with Gasteiger partial charge in [0.1, 0.15) is 11.6 Å². The highest BCUT2D eigenvalue weighted by Crippen LogP contribution is 2.24. The van der Waals surface area contributed by atoms with Gasteiger partial charge in [0.25, 0.3) is 0 Å². The first-order valence-corrected chi connectivity index (χ1v) is 10.9. The van der Waals surface area contributed by atoms with Crippen molar-refractivity contribution in [2.24, 2.45) is 0 Å². The summed E-state index contributed by atoms with van der Waals surface area (Å²) < 4.78 is 29.3. The van der Waals surface area contributed by atoms with Crippen molar-refractivity contribution in [2.45, 2.75) is 38.5 Å². The van der Waals surface area contributed by atoms with Crippen LogP contribution in [0.1, 0.15) is 29.7 Å². The number of hydrogen-bond donors (Lipinski definition) is 2. The molecule has 4 nitrogen and oxygen atoms in total. The molecular formula is C26H27F2N3O. The number of benzene rings is 3. The van der Waals surface area contributed by atoms with Gasteiger partial charge in [0.05, 0.1) is 23.9 Å². The molecule has 166 valence electrons. The maximum Gasteiger partial charge on any atom is 0.126 e. The molecule has 2 atom stereocenters. The van der Waals surface area contributed by atoms with Crippen molar-refractivity contribution in [3.05, 3.63) is 101 Å². The zero-order chi connectivity index (χ0) is 22.5. The molecule has 0 bridgehead atoms. The fourth-order valence-electron chi connectivity index (χ4n) is 4.07. The Labute approximate surface area is 186 Å². The Morgan fingerprint density at radius 3 is 2.47 bits per heavy atom. The van der Waals surface area contributed by atoms with E-state index < -0.39 is 23.8 Å². The number of aromatic nitrogens is 2. The standard InChI is InChI=1S/C26H27F2N3O/c1-2-18-6-5-7-19(10-18)15-29-17-26(32)25(13-20-11-22(27)14-23(28)12-20)31-24-9-4-3-8-21(24)16-30-31/h3-12,14,16,25-26,29,32H,2,13,15,17H2,1H3/t25-,26+/m0/s1. The lowest BCUT2D eigenvalue weighted by Gasteiger charge is -2.25. The minimum absolute atomic E-state index is 0.245. The average Bonchev–Trinajstić information content (AvgIpc) is 3.21. The van der Waals surface area contributed by atoms with E-state index in [-0.39, 0.29) is 6.42 Å². The van der Waals surface area contributed by atoms with Crippen LogP contribution in [-0.4, -0.2) is 27.5 Å². The summed E-state index contributed by atoms with van der Waals surface area (Å²) in [5, 5.41) is 19.9. The summed E-state index contributed by atoms with van der Waals surface area (Å²) >= 11 is 0. The van der Waals surface area contributed by atoms with Crippen LogP contribution in [0.3, 0.4) is 0 Å². The van der Waals surface area contributed by atoms with Gasteiger partial charge in [-0.2, -0.15) is 5.10 Å². The van der Waals surface area contributed by atoms with E-state index in [1.165, 1.54) is 17.7 Å². The number of fused-ring (bicyclic) bond motifs is 1. The molecule has 2 N–H and O–H groups in total.